The molecule has 0 saturated heterocycles. The van der Waals surface area contributed by atoms with Gasteiger partial charge in [0.05, 0.1) is 0 Å². The Hall–Kier alpha value is -1.02. The van der Waals surface area contributed by atoms with Gasteiger partial charge in [0, 0.05) is 24.8 Å². The maximum atomic E-state index is 3.55. The predicted octanol–water partition coefficient (Wildman–Crippen LogP) is 5.15. The molecule has 21 heavy (non-hydrogen) atoms. The number of hydrogen-bond acceptors (Lipinski definition) is 2. The van der Waals surface area contributed by atoms with Gasteiger partial charge in [0.2, 0.25) is 0 Å². The highest BCUT2D eigenvalue weighted by atomic mass is 15.1. The highest BCUT2D eigenvalue weighted by Crippen LogP contribution is 2.22. The Morgan fingerprint density at radius 3 is 1.90 bits per heavy atom. The van der Waals surface area contributed by atoms with E-state index >= 15 is 0 Å². The summed E-state index contributed by atoms with van der Waals surface area (Å²) in [5.74, 6) is 0. The van der Waals surface area contributed by atoms with E-state index in [2.05, 4.69) is 62.2 Å². The molecule has 2 heteroatoms. The van der Waals surface area contributed by atoms with E-state index in [1.807, 2.05) is 0 Å². The molecule has 0 aliphatic carbocycles. The van der Waals surface area contributed by atoms with Crippen molar-refractivity contribution in [2.75, 3.05) is 24.5 Å². The van der Waals surface area contributed by atoms with Crippen LogP contribution >= 0.6 is 0 Å². The Morgan fingerprint density at radius 1 is 0.905 bits per heavy atom. The summed E-state index contributed by atoms with van der Waals surface area (Å²) >= 11 is 0. The Labute approximate surface area is 131 Å². The maximum Gasteiger partial charge on any atom is 0.0366 e. The van der Waals surface area contributed by atoms with Crippen LogP contribution in [0.5, 0.6) is 0 Å². The van der Waals surface area contributed by atoms with Gasteiger partial charge in [0.1, 0.15) is 0 Å². The Balaban J connectivity index is 2.75. The van der Waals surface area contributed by atoms with Crippen LogP contribution in [0, 0.1) is 0 Å². The zero-order valence-electron chi connectivity index (χ0n) is 14.5. The molecule has 120 valence electrons. The van der Waals surface area contributed by atoms with Crippen molar-refractivity contribution in [3.63, 3.8) is 0 Å². The van der Waals surface area contributed by atoms with Gasteiger partial charge < -0.3 is 10.2 Å². The number of benzene rings is 1. The molecule has 1 unspecified atom stereocenters. The minimum atomic E-state index is 0.490. The van der Waals surface area contributed by atoms with Crippen molar-refractivity contribution in [1.82, 2.24) is 5.32 Å². The first kappa shape index (κ1) is 18.0. The van der Waals surface area contributed by atoms with Crippen LogP contribution in [0.15, 0.2) is 24.3 Å². The van der Waals surface area contributed by atoms with Crippen molar-refractivity contribution < 1.29 is 0 Å². The van der Waals surface area contributed by atoms with Crippen molar-refractivity contribution in [2.45, 2.75) is 65.8 Å². The molecular weight excluding hydrogens is 256 g/mol. The Bertz CT molecular complexity index is 350. The second kappa shape index (κ2) is 10.7. The zero-order valence-corrected chi connectivity index (χ0v) is 14.5. The highest BCUT2D eigenvalue weighted by molar-refractivity contribution is 5.48. The fourth-order valence-electron chi connectivity index (χ4n) is 2.73. The maximum absolute atomic E-state index is 3.55. The van der Waals surface area contributed by atoms with Crippen LogP contribution in [0.1, 0.15) is 71.4 Å². The normalized spacial score (nSPS) is 12.4. The van der Waals surface area contributed by atoms with E-state index in [1.54, 1.807) is 0 Å². The van der Waals surface area contributed by atoms with Gasteiger partial charge in [-0.05, 0) is 43.5 Å². The minimum Gasteiger partial charge on any atom is -0.372 e. The monoisotopic (exact) mass is 290 g/mol. The van der Waals surface area contributed by atoms with E-state index < -0.39 is 0 Å². The second-order valence-electron chi connectivity index (χ2n) is 5.80. The van der Waals surface area contributed by atoms with Crippen molar-refractivity contribution >= 4 is 5.69 Å². The van der Waals surface area contributed by atoms with Gasteiger partial charge in [-0.15, -0.1) is 0 Å². The third-order valence-corrected chi connectivity index (χ3v) is 4.08. The number of rotatable bonds is 11. The molecule has 0 fully saturated rings. The number of hydrogen-bond donors (Lipinski definition) is 1. The van der Waals surface area contributed by atoms with E-state index in [1.165, 1.54) is 50.0 Å². The van der Waals surface area contributed by atoms with E-state index in [-0.39, 0.29) is 0 Å². The topological polar surface area (TPSA) is 15.3 Å². The average molecular weight is 290 g/mol. The van der Waals surface area contributed by atoms with Crippen LogP contribution in [0.25, 0.3) is 0 Å². The number of nitrogens with zero attached hydrogens (tertiary/aromatic N) is 1. The fraction of sp³-hybridized carbons (Fsp3) is 0.684. The van der Waals surface area contributed by atoms with Crippen molar-refractivity contribution in [2.24, 2.45) is 0 Å². The van der Waals surface area contributed by atoms with Crippen LogP contribution in [0.3, 0.4) is 0 Å². The summed E-state index contributed by atoms with van der Waals surface area (Å²) in [7, 11) is 0. The SMILES string of the molecule is CCCCN(CCCC)c1ccc(C(CC)NCC)cc1. The number of unbranched alkanes of at least 4 members (excludes halogenated alkanes) is 2. The van der Waals surface area contributed by atoms with Crippen LogP contribution in [-0.2, 0) is 0 Å². The first-order chi connectivity index (χ1) is 10.3. The van der Waals surface area contributed by atoms with Gasteiger partial charge in [-0.25, -0.2) is 0 Å². The molecule has 1 aromatic rings. The van der Waals surface area contributed by atoms with Gasteiger partial charge >= 0.3 is 0 Å². The molecule has 0 aliphatic heterocycles. The van der Waals surface area contributed by atoms with Gasteiger partial charge in [-0.2, -0.15) is 0 Å². The van der Waals surface area contributed by atoms with Crippen molar-refractivity contribution in [1.29, 1.82) is 0 Å². The lowest BCUT2D eigenvalue weighted by Crippen LogP contribution is -2.25. The van der Waals surface area contributed by atoms with Crippen molar-refractivity contribution in [3.8, 4) is 0 Å². The fourth-order valence-corrected chi connectivity index (χ4v) is 2.73. The predicted molar refractivity (Wildman–Crippen MR) is 95.2 cm³/mol. The molecule has 1 aromatic carbocycles. The first-order valence-corrected chi connectivity index (χ1v) is 8.85. The summed E-state index contributed by atoms with van der Waals surface area (Å²) in [5.41, 5.74) is 2.79. The zero-order chi connectivity index (χ0) is 15.5. The van der Waals surface area contributed by atoms with E-state index in [4.69, 9.17) is 0 Å². The van der Waals surface area contributed by atoms with Crippen LogP contribution < -0.4 is 10.2 Å². The van der Waals surface area contributed by atoms with Crippen LogP contribution in [0.2, 0.25) is 0 Å². The first-order valence-electron chi connectivity index (χ1n) is 8.85. The molecule has 2 nitrogen and oxygen atoms in total. The molecule has 0 amide bonds. The molecule has 1 atom stereocenters. The minimum absolute atomic E-state index is 0.490. The largest absolute Gasteiger partial charge is 0.372 e. The quantitative estimate of drug-likeness (QED) is 0.606. The molecule has 0 saturated carbocycles. The van der Waals surface area contributed by atoms with Crippen LogP contribution in [0.4, 0.5) is 5.69 Å². The van der Waals surface area contributed by atoms with Gasteiger partial charge in [-0.1, -0.05) is 52.7 Å². The molecule has 0 aliphatic rings. The summed E-state index contributed by atoms with van der Waals surface area (Å²) in [5, 5.41) is 3.55. The summed E-state index contributed by atoms with van der Waals surface area (Å²) in [6.07, 6.45) is 6.22. The van der Waals surface area contributed by atoms with E-state index in [0.29, 0.717) is 6.04 Å². The van der Waals surface area contributed by atoms with E-state index in [9.17, 15) is 0 Å². The number of nitrogens with one attached hydrogen (secondary N) is 1. The lowest BCUT2D eigenvalue weighted by molar-refractivity contribution is 0.537. The molecule has 0 aromatic heterocycles. The third-order valence-electron chi connectivity index (χ3n) is 4.08. The average Bonchev–Trinajstić information content (AvgIpc) is 2.53. The standard InChI is InChI=1S/C19H34N2/c1-5-9-15-21(16-10-6-2)18-13-11-17(12-14-18)19(7-3)20-8-4/h11-14,19-20H,5-10,15-16H2,1-4H3. The lowest BCUT2D eigenvalue weighted by atomic mass is 10.0. The highest BCUT2D eigenvalue weighted by Gasteiger charge is 2.09. The van der Waals surface area contributed by atoms with Gasteiger partial charge in [0.15, 0.2) is 0 Å². The molecular formula is C19H34N2. The summed E-state index contributed by atoms with van der Waals surface area (Å²) in [6.45, 7) is 12.3. The summed E-state index contributed by atoms with van der Waals surface area (Å²) < 4.78 is 0. The Morgan fingerprint density at radius 2 is 1.48 bits per heavy atom. The molecule has 0 spiro atoms. The summed E-state index contributed by atoms with van der Waals surface area (Å²) in [4.78, 5) is 2.55. The molecule has 1 N–H and O–H groups in total. The molecule has 0 heterocycles. The van der Waals surface area contributed by atoms with Gasteiger partial charge in [0.25, 0.3) is 0 Å². The Kier molecular flexibility index (Phi) is 9.16. The van der Waals surface area contributed by atoms with Gasteiger partial charge in [-0.3, -0.25) is 0 Å². The van der Waals surface area contributed by atoms with Crippen LogP contribution in [-0.4, -0.2) is 19.6 Å². The third kappa shape index (κ3) is 6.09. The lowest BCUT2D eigenvalue weighted by Gasteiger charge is -2.25. The molecule has 0 bridgehead atoms. The molecule has 1 rings (SSSR count). The van der Waals surface area contributed by atoms with E-state index in [0.717, 1.165) is 13.0 Å². The molecule has 0 radical (unpaired) electrons. The smallest absolute Gasteiger partial charge is 0.0366 e. The van der Waals surface area contributed by atoms with Crippen molar-refractivity contribution in [3.05, 3.63) is 29.8 Å². The second-order valence-corrected chi connectivity index (χ2v) is 5.80. The number of anilines is 1. The summed E-state index contributed by atoms with van der Waals surface area (Å²) in [6, 6.07) is 9.71.